The molecule has 2 aliphatic rings. The first-order valence-corrected chi connectivity index (χ1v) is 11.7. The maximum atomic E-state index is 13.2. The van der Waals surface area contributed by atoms with E-state index in [2.05, 4.69) is 24.0 Å². The van der Waals surface area contributed by atoms with Crippen LogP contribution < -0.4 is 5.73 Å². The van der Waals surface area contributed by atoms with Crippen molar-refractivity contribution >= 4 is 5.91 Å². The molecule has 170 valence electrons. The smallest absolute Gasteiger partial charge is 0.239 e. The molecule has 1 aliphatic heterocycles. The summed E-state index contributed by atoms with van der Waals surface area (Å²) in [6.07, 6.45) is 9.30. The Morgan fingerprint density at radius 3 is 2.70 bits per heavy atom. The molecule has 7 nitrogen and oxygen atoms in total. The Labute approximate surface area is 181 Å². The molecule has 1 saturated carbocycles. The summed E-state index contributed by atoms with van der Waals surface area (Å²) < 4.78 is 11.5. The topological polar surface area (TPSA) is 93.5 Å². The van der Waals surface area contributed by atoms with Gasteiger partial charge < -0.3 is 20.1 Å². The summed E-state index contributed by atoms with van der Waals surface area (Å²) in [7, 11) is 1.64. The van der Waals surface area contributed by atoms with Gasteiger partial charge in [0.25, 0.3) is 0 Å². The standard InChI is InChI=1S/C23H40N4O3/c1-16(2)17-6-8-18(9-7-17)30-15-22-19(21-10-12-25-26-21)5-4-13-27(22)23(28)20(24)11-14-29-3/h10,12,16-20,22H,4-9,11,13-15,24H2,1-3H3,(H,25,26). The molecule has 1 aromatic heterocycles. The summed E-state index contributed by atoms with van der Waals surface area (Å²) in [5, 5.41) is 7.26. The molecule has 30 heavy (non-hydrogen) atoms. The van der Waals surface area contributed by atoms with E-state index < -0.39 is 6.04 Å². The van der Waals surface area contributed by atoms with E-state index in [4.69, 9.17) is 15.2 Å². The van der Waals surface area contributed by atoms with Gasteiger partial charge in [0.2, 0.25) is 5.91 Å². The molecule has 1 amide bonds. The monoisotopic (exact) mass is 420 g/mol. The number of amides is 1. The van der Waals surface area contributed by atoms with Crippen molar-refractivity contribution < 1.29 is 14.3 Å². The molecule has 0 spiro atoms. The number of carbonyl (C=O) groups excluding carboxylic acids is 1. The van der Waals surface area contributed by atoms with Crippen LogP contribution in [0.3, 0.4) is 0 Å². The van der Waals surface area contributed by atoms with E-state index in [0.29, 0.717) is 25.7 Å². The van der Waals surface area contributed by atoms with Crippen molar-refractivity contribution in [2.24, 2.45) is 17.6 Å². The number of nitrogens with one attached hydrogen (secondary N) is 1. The molecule has 3 rings (SSSR count). The first kappa shape index (κ1) is 23.2. The number of piperidine rings is 1. The van der Waals surface area contributed by atoms with Gasteiger partial charge in [0, 0.05) is 38.1 Å². The van der Waals surface area contributed by atoms with Gasteiger partial charge in [0.05, 0.1) is 24.8 Å². The number of methoxy groups -OCH3 is 1. The number of ether oxygens (including phenoxy) is 2. The summed E-state index contributed by atoms with van der Waals surface area (Å²) in [6.45, 7) is 6.42. The number of nitrogens with two attached hydrogens (primary N) is 1. The van der Waals surface area contributed by atoms with E-state index in [1.54, 1.807) is 13.3 Å². The first-order valence-electron chi connectivity index (χ1n) is 11.7. The van der Waals surface area contributed by atoms with Crippen LogP contribution in [0, 0.1) is 11.8 Å². The SMILES string of the molecule is COCCC(N)C(=O)N1CCCC(c2ccn[nH]2)C1COC1CCC(C(C)C)CC1. The van der Waals surface area contributed by atoms with Crippen LogP contribution in [0.2, 0.25) is 0 Å². The van der Waals surface area contributed by atoms with Gasteiger partial charge >= 0.3 is 0 Å². The van der Waals surface area contributed by atoms with Crippen LogP contribution in [-0.2, 0) is 14.3 Å². The van der Waals surface area contributed by atoms with E-state index in [9.17, 15) is 4.79 Å². The molecule has 1 saturated heterocycles. The van der Waals surface area contributed by atoms with Gasteiger partial charge in [0.1, 0.15) is 0 Å². The van der Waals surface area contributed by atoms with Gasteiger partial charge in [-0.05, 0) is 62.8 Å². The molecule has 3 atom stereocenters. The fourth-order valence-corrected chi connectivity index (χ4v) is 5.11. The zero-order valence-electron chi connectivity index (χ0n) is 18.9. The third-order valence-electron chi connectivity index (χ3n) is 7.10. The Kier molecular flexibility index (Phi) is 8.72. The normalized spacial score (nSPS) is 28.6. The summed E-state index contributed by atoms with van der Waals surface area (Å²) in [5.74, 6) is 1.77. The predicted molar refractivity (Wildman–Crippen MR) is 117 cm³/mol. The lowest BCUT2D eigenvalue weighted by molar-refractivity contribution is -0.140. The van der Waals surface area contributed by atoms with Gasteiger partial charge in [-0.25, -0.2) is 0 Å². The Morgan fingerprint density at radius 1 is 1.30 bits per heavy atom. The lowest BCUT2D eigenvalue weighted by atomic mass is 9.80. The minimum absolute atomic E-state index is 0.00776. The van der Waals surface area contributed by atoms with Crippen molar-refractivity contribution in [3.05, 3.63) is 18.0 Å². The van der Waals surface area contributed by atoms with Crippen LogP contribution in [0.4, 0.5) is 0 Å². The summed E-state index contributed by atoms with van der Waals surface area (Å²) >= 11 is 0. The van der Waals surface area contributed by atoms with Gasteiger partial charge in [-0.1, -0.05) is 13.8 Å². The third kappa shape index (κ3) is 5.83. The maximum absolute atomic E-state index is 13.2. The predicted octanol–water partition coefficient (Wildman–Crippen LogP) is 3.08. The van der Waals surface area contributed by atoms with Crippen LogP contribution in [-0.4, -0.2) is 66.1 Å². The van der Waals surface area contributed by atoms with Crippen LogP contribution in [0.25, 0.3) is 0 Å². The lowest BCUT2D eigenvalue weighted by Crippen LogP contribution is -2.55. The van der Waals surface area contributed by atoms with Crippen molar-refractivity contribution in [2.45, 2.75) is 82.9 Å². The van der Waals surface area contributed by atoms with Crippen molar-refractivity contribution in [3.8, 4) is 0 Å². The Morgan fingerprint density at radius 2 is 2.07 bits per heavy atom. The molecule has 3 N–H and O–H groups in total. The van der Waals surface area contributed by atoms with E-state index in [-0.39, 0.29) is 17.9 Å². The van der Waals surface area contributed by atoms with Crippen molar-refractivity contribution in [2.75, 3.05) is 26.9 Å². The Bertz CT molecular complexity index is 628. The second-order valence-corrected chi connectivity index (χ2v) is 9.36. The number of hydrogen-bond acceptors (Lipinski definition) is 5. The molecular weight excluding hydrogens is 380 g/mol. The molecule has 2 heterocycles. The number of nitrogens with zero attached hydrogens (tertiary/aromatic N) is 2. The van der Waals surface area contributed by atoms with Gasteiger partial charge in [-0.15, -0.1) is 0 Å². The van der Waals surface area contributed by atoms with E-state index in [0.717, 1.165) is 49.8 Å². The van der Waals surface area contributed by atoms with Crippen molar-refractivity contribution in [3.63, 3.8) is 0 Å². The minimum Gasteiger partial charge on any atom is -0.385 e. The number of aromatic amines is 1. The zero-order valence-corrected chi connectivity index (χ0v) is 18.9. The van der Waals surface area contributed by atoms with Gasteiger partial charge in [-0.2, -0.15) is 5.10 Å². The molecular formula is C23H40N4O3. The molecule has 3 unspecified atom stereocenters. The average Bonchev–Trinajstić information content (AvgIpc) is 3.30. The van der Waals surface area contributed by atoms with Gasteiger partial charge in [0.15, 0.2) is 0 Å². The number of aromatic nitrogens is 2. The molecule has 0 aromatic carbocycles. The fraction of sp³-hybridized carbons (Fsp3) is 0.826. The quantitative estimate of drug-likeness (QED) is 0.640. The third-order valence-corrected chi connectivity index (χ3v) is 7.10. The highest BCUT2D eigenvalue weighted by atomic mass is 16.5. The summed E-state index contributed by atoms with van der Waals surface area (Å²) in [5.41, 5.74) is 7.29. The molecule has 2 fully saturated rings. The molecule has 7 heteroatoms. The highest BCUT2D eigenvalue weighted by Gasteiger charge is 2.38. The Balaban J connectivity index is 1.66. The van der Waals surface area contributed by atoms with E-state index in [1.165, 1.54) is 12.8 Å². The first-order chi connectivity index (χ1) is 14.5. The largest absolute Gasteiger partial charge is 0.385 e. The van der Waals surface area contributed by atoms with Crippen LogP contribution in [0.15, 0.2) is 12.3 Å². The molecule has 1 aliphatic carbocycles. The van der Waals surface area contributed by atoms with E-state index >= 15 is 0 Å². The highest BCUT2D eigenvalue weighted by Crippen LogP contribution is 2.35. The highest BCUT2D eigenvalue weighted by molar-refractivity contribution is 5.82. The average molecular weight is 421 g/mol. The number of rotatable bonds is 9. The van der Waals surface area contributed by atoms with Crippen LogP contribution in [0.5, 0.6) is 0 Å². The fourth-order valence-electron chi connectivity index (χ4n) is 5.11. The van der Waals surface area contributed by atoms with Gasteiger partial charge in [-0.3, -0.25) is 9.89 Å². The number of likely N-dealkylation sites (tertiary alicyclic amines) is 1. The number of H-pyrrole nitrogens is 1. The van der Waals surface area contributed by atoms with Crippen LogP contribution >= 0.6 is 0 Å². The Hall–Kier alpha value is -1.44. The molecule has 0 radical (unpaired) electrons. The summed E-state index contributed by atoms with van der Waals surface area (Å²) in [4.78, 5) is 15.1. The maximum Gasteiger partial charge on any atom is 0.239 e. The molecule has 0 bridgehead atoms. The molecule has 1 aromatic rings. The van der Waals surface area contributed by atoms with Crippen molar-refractivity contribution in [1.82, 2.24) is 15.1 Å². The van der Waals surface area contributed by atoms with Crippen LogP contribution in [0.1, 0.15) is 70.4 Å². The van der Waals surface area contributed by atoms with E-state index in [1.807, 2.05) is 11.0 Å². The van der Waals surface area contributed by atoms with Crippen molar-refractivity contribution in [1.29, 1.82) is 0 Å². The number of hydrogen-bond donors (Lipinski definition) is 2. The zero-order chi connectivity index (χ0) is 21.5. The second-order valence-electron chi connectivity index (χ2n) is 9.36. The number of carbonyl (C=O) groups is 1. The lowest BCUT2D eigenvalue weighted by Gasteiger charge is -2.42. The second kappa shape index (κ2) is 11.3. The minimum atomic E-state index is -0.533. The summed E-state index contributed by atoms with van der Waals surface area (Å²) in [6, 6.07) is 1.47.